The second-order valence-electron chi connectivity index (χ2n) is 5.62. The molecule has 0 unspecified atom stereocenters. The zero-order chi connectivity index (χ0) is 19.1. The number of hydrogen-bond acceptors (Lipinski definition) is 3. The highest BCUT2D eigenvalue weighted by atomic mass is 35.5. The Morgan fingerprint density at radius 2 is 1.92 bits per heavy atom. The third-order valence-corrected chi connectivity index (χ3v) is 4.24. The number of nitrogens with two attached hydrogens (primary N) is 1. The number of carbonyl (C=O) groups is 2. The van der Waals surface area contributed by atoms with Gasteiger partial charge in [0.2, 0.25) is 5.91 Å². The molecular formula is C21H19ClN2O2. The van der Waals surface area contributed by atoms with E-state index < -0.39 is 5.91 Å². The molecule has 26 heavy (non-hydrogen) atoms. The minimum Gasteiger partial charge on any atom is -0.366 e. The first-order valence-electron chi connectivity index (χ1n) is 8.09. The molecule has 0 spiro atoms. The molecule has 0 aliphatic carbocycles. The highest BCUT2D eigenvalue weighted by Crippen LogP contribution is 2.24. The molecular weight excluding hydrogens is 348 g/mol. The topological polar surface area (TPSA) is 72.2 Å². The van der Waals surface area contributed by atoms with E-state index in [0.29, 0.717) is 28.1 Å². The van der Waals surface area contributed by atoms with Crippen molar-refractivity contribution in [3.05, 3.63) is 76.0 Å². The molecule has 0 bridgehead atoms. The van der Waals surface area contributed by atoms with Gasteiger partial charge in [-0.3, -0.25) is 9.59 Å². The van der Waals surface area contributed by atoms with E-state index in [1.807, 2.05) is 0 Å². The molecule has 0 aromatic heterocycles. The molecule has 0 heterocycles. The number of halogens is 1. The van der Waals surface area contributed by atoms with Gasteiger partial charge in [0.25, 0.3) is 0 Å². The van der Waals surface area contributed by atoms with Crippen molar-refractivity contribution in [2.45, 2.75) is 19.8 Å². The summed E-state index contributed by atoms with van der Waals surface area (Å²) in [5.74, 6) is 1.91. The van der Waals surface area contributed by atoms with Crippen LogP contribution in [0.2, 0.25) is 5.02 Å². The predicted octanol–water partition coefficient (Wildman–Crippen LogP) is 3.94. The number of amides is 1. The molecule has 0 saturated heterocycles. The van der Waals surface area contributed by atoms with Gasteiger partial charge in [0.15, 0.2) is 5.78 Å². The largest absolute Gasteiger partial charge is 0.366 e. The van der Waals surface area contributed by atoms with Crippen molar-refractivity contribution in [3.63, 3.8) is 0 Å². The zero-order valence-corrected chi connectivity index (χ0v) is 15.1. The molecule has 0 saturated carbocycles. The highest BCUT2D eigenvalue weighted by molar-refractivity contribution is 6.32. The molecule has 5 heteroatoms. The fraction of sp³-hybridized carbons (Fsp3) is 0.143. The number of rotatable bonds is 7. The Balaban J connectivity index is 2.30. The maximum Gasteiger partial charge on any atom is 0.246 e. The van der Waals surface area contributed by atoms with Crippen LogP contribution in [0.25, 0.3) is 0 Å². The molecule has 3 N–H and O–H groups in total. The quantitative estimate of drug-likeness (QED) is 0.443. The summed E-state index contributed by atoms with van der Waals surface area (Å²) in [5.41, 5.74) is 8.42. The maximum absolute atomic E-state index is 12.2. The number of terminal acetylenes is 1. The number of anilines is 1. The van der Waals surface area contributed by atoms with Crippen LogP contribution in [0.4, 0.5) is 5.69 Å². The summed E-state index contributed by atoms with van der Waals surface area (Å²) in [5, 5.41) is 3.45. The average Bonchev–Trinajstić information content (AvgIpc) is 2.65. The van der Waals surface area contributed by atoms with Gasteiger partial charge in [0, 0.05) is 46.5 Å². The monoisotopic (exact) mass is 366 g/mol. The van der Waals surface area contributed by atoms with Gasteiger partial charge in [-0.2, -0.15) is 0 Å². The number of Topliss-reactive ketones (excluding diaryl/α,β-unsaturated/α-hetero) is 1. The van der Waals surface area contributed by atoms with E-state index in [9.17, 15) is 9.59 Å². The Morgan fingerprint density at radius 1 is 1.23 bits per heavy atom. The average molecular weight is 367 g/mol. The predicted molar refractivity (Wildman–Crippen MR) is 105 cm³/mol. The van der Waals surface area contributed by atoms with Crippen LogP contribution in [0.3, 0.4) is 0 Å². The molecule has 0 fully saturated rings. The van der Waals surface area contributed by atoms with Crippen molar-refractivity contribution in [3.8, 4) is 12.3 Å². The van der Waals surface area contributed by atoms with E-state index >= 15 is 0 Å². The standard InChI is InChI=1S/C21H19ClN2O2/c1-3-14-8-10-16(11-9-14)24-13-15(21(23)26)12-18-17(20(25)4-2)6-5-7-19(18)22/h1,5-11,13,24H,4,12H2,2H3,(H2,23,26)/b15-13-. The summed E-state index contributed by atoms with van der Waals surface area (Å²) in [6.45, 7) is 1.78. The highest BCUT2D eigenvalue weighted by Gasteiger charge is 2.16. The smallest absolute Gasteiger partial charge is 0.246 e. The van der Waals surface area contributed by atoms with Gasteiger partial charge in [-0.05, 0) is 35.9 Å². The first kappa shape index (κ1) is 19.3. The summed E-state index contributed by atoms with van der Waals surface area (Å²) in [7, 11) is 0. The van der Waals surface area contributed by atoms with E-state index in [0.717, 1.165) is 11.3 Å². The number of carbonyl (C=O) groups excluding carboxylic acids is 2. The molecule has 4 nitrogen and oxygen atoms in total. The van der Waals surface area contributed by atoms with Gasteiger partial charge in [0.05, 0.1) is 0 Å². The van der Waals surface area contributed by atoms with Gasteiger partial charge >= 0.3 is 0 Å². The Hall–Kier alpha value is -3.03. The van der Waals surface area contributed by atoms with Crippen molar-refractivity contribution >= 4 is 29.0 Å². The lowest BCUT2D eigenvalue weighted by Gasteiger charge is -2.12. The number of primary amides is 1. The lowest BCUT2D eigenvalue weighted by Crippen LogP contribution is -2.18. The van der Waals surface area contributed by atoms with E-state index in [-0.39, 0.29) is 12.2 Å². The number of hydrogen-bond donors (Lipinski definition) is 2. The molecule has 1 amide bonds. The van der Waals surface area contributed by atoms with Crippen LogP contribution in [-0.2, 0) is 11.2 Å². The zero-order valence-electron chi connectivity index (χ0n) is 14.4. The normalized spacial score (nSPS) is 10.9. The maximum atomic E-state index is 12.2. The fourth-order valence-corrected chi connectivity index (χ4v) is 2.66. The number of ketones is 1. The summed E-state index contributed by atoms with van der Waals surface area (Å²) in [4.78, 5) is 24.0. The van der Waals surface area contributed by atoms with Crippen LogP contribution in [-0.4, -0.2) is 11.7 Å². The van der Waals surface area contributed by atoms with Crippen LogP contribution in [0, 0.1) is 12.3 Å². The first-order chi connectivity index (χ1) is 12.5. The first-order valence-corrected chi connectivity index (χ1v) is 8.46. The minimum atomic E-state index is -0.590. The van der Waals surface area contributed by atoms with E-state index in [4.69, 9.17) is 23.8 Å². The number of benzene rings is 2. The second-order valence-corrected chi connectivity index (χ2v) is 6.03. The Morgan fingerprint density at radius 3 is 2.50 bits per heavy atom. The fourth-order valence-electron chi connectivity index (χ4n) is 2.42. The lowest BCUT2D eigenvalue weighted by molar-refractivity contribution is -0.114. The van der Waals surface area contributed by atoms with Crippen LogP contribution >= 0.6 is 11.6 Å². The third-order valence-electron chi connectivity index (χ3n) is 3.89. The Bertz CT molecular complexity index is 893. The second kappa shape index (κ2) is 8.89. The minimum absolute atomic E-state index is 0.0378. The summed E-state index contributed by atoms with van der Waals surface area (Å²) in [6, 6.07) is 12.3. The van der Waals surface area contributed by atoms with Crippen LogP contribution in [0.15, 0.2) is 54.2 Å². The van der Waals surface area contributed by atoms with Crippen LogP contribution < -0.4 is 11.1 Å². The summed E-state index contributed by atoms with van der Waals surface area (Å²) < 4.78 is 0. The van der Waals surface area contributed by atoms with Crippen molar-refractivity contribution < 1.29 is 9.59 Å². The SMILES string of the molecule is C#Cc1ccc(N/C=C(/Cc2c(Cl)cccc2C(=O)CC)C(N)=O)cc1. The number of nitrogens with one attached hydrogen (secondary N) is 1. The van der Waals surface area contributed by atoms with E-state index in [1.54, 1.807) is 49.4 Å². The van der Waals surface area contributed by atoms with Crippen molar-refractivity contribution in [2.75, 3.05) is 5.32 Å². The van der Waals surface area contributed by atoms with Crippen LogP contribution in [0.1, 0.15) is 34.8 Å². The molecule has 2 rings (SSSR count). The Labute approximate surface area is 158 Å². The van der Waals surface area contributed by atoms with Gasteiger partial charge in [-0.15, -0.1) is 6.42 Å². The summed E-state index contributed by atoms with van der Waals surface area (Å²) >= 11 is 6.26. The van der Waals surface area contributed by atoms with Gasteiger partial charge in [-0.25, -0.2) is 0 Å². The van der Waals surface area contributed by atoms with E-state index in [2.05, 4.69) is 11.2 Å². The van der Waals surface area contributed by atoms with Crippen LogP contribution in [0.5, 0.6) is 0 Å². The molecule has 0 atom stereocenters. The Kier molecular flexibility index (Phi) is 6.60. The van der Waals surface area contributed by atoms with Gasteiger partial charge < -0.3 is 11.1 Å². The molecule has 0 aliphatic heterocycles. The lowest BCUT2D eigenvalue weighted by atomic mass is 9.96. The van der Waals surface area contributed by atoms with Gasteiger partial charge in [-0.1, -0.05) is 36.6 Å². The third kappa shape index (κ3) is 4.75. The molecule has 2 aromatic rings. The van der Waals surface area contributed by atoms with Crippen molar-refractivity contribution in [2.24, 2.45) is 5.73 Å². The molecule has 132 valence electrons. The molecule has 0 radical (unpaired) electrons. The summed E-state index contributed by atoms with van der Waals surface area (Å²) in [6.07, 6.45) is 7.36. The molecule has 0 aliphatic rings. The molecule has 2 aromatic carbocycles. The van der Waals surface area contributed by atoms with Crippen molar-refractivity contribution in [1.29, 1.82) is 0 Å². The van der Waals surface area contributed by atoms with Gasteiger partial charge in [0.1, 0.15) is 0 Å². The van der Waals surface area contributed by atoms with E-state index in [1.165, 1.54) is 6.20 Å². The van der Waals surface area contributed by atoms with Crippen molar-refractivity contribution in [1.82, 2.24) is 0 Å².